The Morgan fingerprint density at radius 3 is 2.23 bits per heavy atom. The van der Waals surface area contributed by atoms with Gasteiger partial charge in [-0.1, -0.05) is 12.1 Å². The summed E-state index contributed by atoms with van der Waals surface area (Å²) in [5.41, 5.74) is 3.20. The summed E-state index contributed by atoms with van der Waals surface area (Å²) in [7, 11) is -0.147. The van der Waals surface area contributed by atoms with Crippen molar-refractivity contribution in [3.05, 3.63) is 54.1 Å². The maximum Gasteiger partial charge on any atom is 0.258 e. The second-order valence-electron chi connectivity index (χ2n) is 7.59. The van der Waals surface area contributed by atoms with Gasteiger partial charge in [-0.25, -0.2) is 13.9 Å². The molecule has 3 rings (SSSR count). The number of anilines is 1. The van der Waals surface area contributed by atoms with Crippen molar-refractivity contribution in [2.75, 3.05) is 32.1 Å². The van der Waals surface area contributed by atoms with Gasteiger partial charge in [0.1, 0.15) is 5.75 Å². The quantitative estimate of drug-likeness (QED) is 0.410. The van der Waals surface area contributed by atoms with Crippen LogP contribution in [0.15, 0.2) is 53.4 Å². The first-order valence-corrected chi connectivity index (χ1v) is 11.2. The van der Waals surface area contributed by atoms with Gasteiger partial charge in [0.05, 0.1) is 18.0 Å². The number of benzene rings is 2. The first-order valence-electron chi connectivity index (χ1n) is 9.72. The molecule has 0 spiro atoms. The van der Waals surface area contributed by atoms with Crippen molar-refractivity contribution in [3.8, 4) is 5.75 Å². The van der Waals surface area contributed by atoms with Gasteiger partial charge in [-0.3, -0.25) is 10.0 Å². The predicted octanol–water partition coefficient (Wildman–Crippen LogP) is 2.66. The molecule has 0 aliphatic heterocycles. The molecule has 31 heavy (non-hydrogen) atoms. The van der Waals surface area contributed by atoms with Gasteiger partial charge in [0.2, 0.25) is 10.0 Å². The molecule has 1 amide bonds. The highest BCUT2D eigenvalue weighted by atomic mass is 35.5. The van der Waals surface area contributed by atoms with Crippen LogP contribution in [0.4, 0.5) is 5.69 Å². The molecule has 0 radical (unpaired) electrons. The van der Waals surface area contributed by atoms with Gasteiger partial charge in [-0.05, 0) is 60.7 Å². The van der Waals surface area contributed by atoms with Gasteiger partial charge >= 0.3 is 0 Å². The molecule has 0 heterocycles. The fraction of sp³-hybridized carbons (Fsp3) is 0.381. The van der Waals surface area contributed by atoms with E-state index in [2.05, 4.69) is 0 Å². The van der Waals surface area contributed by atoms with Crippen LogP contribution in [0.1, 0.15) is 18.4 Å². The van der Waals surface area contributed by atoms with Crippen LogP contribution in [0.2, 0.25) is 0 Å². The van der Waals surface area contributed by atoms with Gasteiger partial charge in [0.15, 0.2) is 0 Å². The summed E-state index contributed by atoms with van der Waals surface area (Å²) in [6, 6.07) is 13.5. The van der Waals surface area contributed by atoms with Crippen LogP contribution in [0.5, 0.6) is 5.75 Å². The highest BCUT2D eigenvalue weighted by molar-refractivity contribution is 7.89. The molecule has 1 aliphatic rings. The Morgan fingerprint density at radius 2 is 1.71 bits per heavy atom. The Hall–Kier alpha value is -2.33. The second kappa shape index (κ2) is 10.8. The number of hydrogen-bond acceptors (Lipinski definition) is 6. The van der Waals surface area contributed by atoms with E-state index < -0.39 is 22.5 Å². The molecule has 0 bridgehead atoms. The van der Waals surface area contributed by atoms with Gasteiger partial charge in [0.25, 0.3) is 5.91 Å². The Morgan fingerprint density at radius 1 is 1.10 bits per heavy atom. The number of hydroxylamine groups is 1. The van der Waals surface area contributed by atoms with E-state index in [1.54, 1.807) is 12.1 Å². The molecular weight excluding hydrogens is 442 g/mol. The molecule has 2 aromatic carbocycles. The summed E-state index contributed by atoms with van der Waals surface area (Å²) in [4.78, 5) is 13.7. The third-order valence-corrected chi connectivity index (χ3v) is 6.71. The number of halogens is 1. The van der Waals surface area contributed by atoms with Crippen LogP contribution < -0.4 is 15.1 Å². The number of nitrogens with zero attached hydrogens (tertiary/aromatic N) is 2. The van der Waals surface area contributed by atoms with Crippen molar-refractivity contribution in [2.45, 2.75) is 24.3 Å². The Bertz CT molecular complexity index is 962. The molecule has 1 saturated carbocycles. The highest BCUT2D eigenvalue weighted by Gasteiger charge is 2.27. The third kappa shape index (κ3) is 6.83. The van der Waals surface area contributed by atoms with Crippen molar-refractivity contribution < 1.29 is 23.2 Å². The van der Waals surface area contributed by atoms with Crippen molar-refractivity contribution >= 4 is 34.0 Å². The SMILES string of the molecule is CN(C)c1ccc(CN(CC(=O)NO)S(=O)(=O)c2ccc(OCC3CC3)cc2)cc1.Cl. The fourth-order valence-electron chi connectivity index (χ4n) is 2.88. The van der Waals surface area contributed by atoms with Crippen LogP contribution in [-0.4, -0.2) is 51.1 Å². The highest BCUT2D eigenvalue weighted by Crippen LogP contribution is 2.30. The normalized spacial score (nSPS) is 13.4. The molecule has 1 aliphatic carbocycles. The number of nitrogens with one attached hydrogen (secondary N) is 1. The number of amides is 1. The summed E-state index contributed by atoms with van der Waals surface area (Å²) in [6.07, 6.45) is 2.34. The van der Waals surface area contributed by atoms with E-state index in [1.807, 2.05) is 43.3 Å². The topological polar surface area (TPSA) is 99.2 Å². The Labute approximate surface area is 189 Å². The van der Waals surface area contributed by atoms with E-state index in [0.29, 0.717) is 18.3 Å². The average molecular weight is 470 g/mol. The maximum atomic E-state index is 13.2. The summed E-state index contributed by atoms with van der Waals surface area (Å²) < 4.78 is 33.0. The van der Waals surface area contributed by atoms with Crippen LogP contribution in [0, 0.1) is 5.92 Å². The summed E-state index contributed by atoms with van der Waals surface area (Å²) in [5, 5.41) is 8.89. The molecule has 2 aromatic rings. The van der Waals surface area contributed by atoms with Crippen LogP contribution in [0.3, 0.4) is 0 Å². The number of rotatable bonds is 10. The molecule has 170 valence electrons. The van der Waals surface area contributed by atoms with Gasteiger partial charge < -0.3 is 9.64 Å². The van der Waals surface area contributed by atoms with Crippen molar-refractivity contribution in [1.82, 2.24) is 9.79 Å². The fourth-order valence-corrected chi connectivity index (χ4v) is 4.26. The molecule has 2 N–H and O–H groups in total. The van der Waals surface area contributed by atoms with Crippen LogP contribution >= 0.6 is 12.4 Å². The number of carbonyl (C=O) groups is 1. The third-order valence-electron chi connectivity index (χ3n) is 4.90. The minimum absolute atomic E-state index is 0. The predicted molar refractivity (Wildman–Crippen MR) is 120 cm³/mol. The largest absolute Gasteiger partial charge is 0.493 e. The maximum absolute atomic E-state index is 13.2. The molecule has 10 heteroatoms. The average Bonchev–Trinajstić information content (AvgIpc) is 3.57. The zero-order valence-corrected chi connectivity index (χ0v) is 19.2. The minimum Gasteiger partial charge on any atom is -0.493 e. The number of sulfonamides is 1. The molecule has 0 atom stereocenters. The summed E-state index contributed by atoms with van der Waals surface area (Å²) in [5.74, 6) is 0.396. The van der Waals surface area contributed by atoms with E-state index >= 15 is 0 Å². The van der Waals surface area contributed by atoms with Crippen molar-refractivity contribution in [3.63, 3.8) is 0 Å². The molecule has 8 nitrogen and oxygen atoms in total. The zero-order valence-electron chi connectivity index (χ0n) is 17.5. The molecule has 1 fully saturated rings. The lowest BCUT2D eigenvalue weighted by atomic mass is 10.2. The second-order valence-corrected chi connectivity index (χ2v) is 9.53. The lowest BCUT2D eigenvalue weighted by Crippen LogP contribution is -2.39. The zero-order chi connectivity index (χ0) is 21.7. The van der Waals surface area contributed by atoms with E-state index in [-0.39, 0.29) is 23.8 Å². The number of ether oxygens (including phenoxy) is 1. The van der Waals surface area contributed by atoms with Gasteiger partial charge in [-0.15, -0.1) is 12.4 Å². The summed E-state index contributed by atoms with van der Waals surface area (Å²) >= 11 is 0. The van der Waals surface area contributed by atoms with Gasteiger partial charge in [-0.2, -0.15) is 4.31 Å². The van der Waals surface area contributed by atoms with Crippen molar-refractivity contribution in [1.29, 1.82) is 0 Å². The number of hydrogen-bond donors (Lipinski definition) is 2. The van der Waals surface area contributed by atoms with E-state index in [9.17, 15) is 13.2 Å². The Balaban J connectivity index is 0.00000341. The smallest absolute Gasteiger partial charge is 0.258 e. The van der Waals surface area contributed by atoms with E-state index in [1.165, 1.54) is 30.5 Å². The monoisotopic (exact) mass is 469 g/mol. The summed E-state index contributed by atoms with van der Waals surface area (Å²) in [6.45, 7) is 0.120. The molecular formula is C21H28ClN3O5S. The van der Waals surface area contributed by atoms with E-state index in [0.717, 1.165) is 15.6 Å². The van der Waals surface area contributed by atoms with Crippen LogP contribution in [0.25, 0.3) is 0 Å². The lowest BCUT2D eigenvalue weighted by molar-refractivity contribution is -0.129. The first-order chi connectivity index (χ1) is 14.3. The molecule has 0 aromatic heterocycles. The van der Waals surface area contributed by atoms with Crippen LogP contribution in [-0.2, 0) is 21.4 Å². The number of carbonyl (C=O) groups excluding carboxylic acids is 1. The minimum atomic E-state index is -3.97. The van der Waals surface area contributed by atoms with Gasteiger partial charge in [0, 0.05) is 26.3 Å². The lowest BCUT2D eigenvalue weighted by Gasteiger charge is -2.22. The van der Waals surface area contributed by atoms with E-state index in [4.69, 9.17) is 9.94 Å². The standard InChI is InChI=1S/C21H27N3O5S.ClH/c1-23(2)18-7-5-16(6-8-18)13-24(14-21(25)22-26)30(27,28)20-11-9-19(10-12-20)29-15-17-3-4-17;/h5-12,17,26H,3-4,13-15H2,1-2H3,(H,22,25);1H. The first kappa shape index (κ1) is 24.9. The molecule has 0 unspecified atom stereocenters. The Kier molecular flexibility index (Phi) is 8.69. The van der Waals surface area contributed by atoms with Crippen molar-refractivity contribution in [2.24, 2.45) is 5.92 Å². The molecule has 0 saturated heterocycles.